The molecule has 0 amide bonds. The molecule has 0 atom stereocenters. The van der Waals surface area contributed by atoms with Gasteiger partial charge in [-0.3, -0.25) is 0 Å². The van der Waals surface area contributed by atoms with Crippen LogP contribution in [0.4, 0.5) is 0 Å². The topological polar surface area (TPSA) is 57.4 Å². The Morgan fingerprint density at radius 3 is 2.17 bits per heavy atom. The van der Waals surface area contributed by atoms with Crippen LogP contribution in [-0.4, -0.2) is 19.9 Å². The van der Waals surface area contributed by atoms with Crippen molar-refractivity contribution in [3.8, 4) is 33.5 Å². The van der Waals surface area contributed by atoms with E-state index in [0.717, 1.165) is 47.6 Å². The van der Waals surface area contributed by atoms with Crippen molar-refractivity contribution in [2.24, 2.45) is 0 Å². The first-order valence-electron chi connectivity index (χ1n) is 12.7. The average Bonchev–Trinajstić information content (AvgIpc) is 3.50. The highest BCUT2D eigenvalue weighted by Crippen LogP contribution is 2.42. The Morgan fingerprint density at radius 1 is 0.829 bits per heavy atom. The molecule has 2 aromatic heterocycles. The predicted octanol–water partition coefficient (Wildman–Crippen LogP) is 7.69. The summed E-state index contributed by atoms with van der Waals surface area (Å²) in [5.74, 6) is 2.48. The fourth-order valence-electron chi connectivity index (χ4n) is 5.59. The lowest BCUT2D eigenvalue weighted by Gasteiger charge is -2.25. The van der Waals surface area contributed by atoms with Crippen LogP contribution in [0, 0.1) is 13.8 Å². The van der Waals surface area contributed by atoms with Crippen molar-refractivity contribution in [1.29, 1.82) is 0 Å². The fourth-order valence-corrected chi connectivity index (χ4v) is 5.59. The third-order valence-electron chi connectivity index (χ3n) is 7.40. The monoisotopic (exact) mass is 460 g/mol. The molecule has 6 rings (SSSR count). The van der Waals surface area contributed by atoms with Gasteiger partial charge in [-0.15, -0.1) is 0 Å². The molecule has 0 fully saturated rings. The molecule has 1 aliphatic rings. The van der Waals surface area contributed by atoms with Crippen LogP contribution in [0.3, 0.4) is 0 Å². The fraction of sp³-hybridized carbons (Fsp3) is 0.290. The second-order valence-corrected chi connectivity index (χ2v) is 10.3. The van der Waals surface area contributed by atoms with Crippen LogP contribution in [0.5, 0.6) is 0 Å². The lowest BCUT2D eigenvalue weighted by atomic mass is 9.79. The van der Waals surface area contributed by atoms with E-state index in [-0.39, 0.29) is 0 Å². The van der Waals surface area contributed by atoms with Crippen LogP contribution < -0.4 is 0 Å². The van der Waals surface area contributed by atoms with Crippen molar-refractivity contribution in [2.75, 3.05) is 0 Å². The zero-order valence-electron chi connectivity index (χ0n) is 21.2. The van der Waals surface area contributed by atoms with Crippen LogP contribution >= 0.6 is 0 Å². The molecule has 5 aromatic rings. The van der Waals surface area contributed by atoms with Crippen molar-refractivity contribution in [1.82, 2.24) is 19.9 Å². The minimum absolute atomic E-state index is 0.391. The zero-order chi connectivity index (χ0) is 24.3. The first-order chi connectivity index (χ1) is 16.9. The molecular weight excluding hydrogens is 428 g/mol. The second kappa shape index (κ2) is 8.23. The minimum Gasteiger partial charge on any atom is -0.342 e. The number of aromatic nitrogens is 4. The zero-order valence-corrected chi connectivity index (χ0v) is 21.2. The number of nitrogens with zero attached hydrogens (tertiary/aromatic N) is 2. The van der Waals surface area contributed by atoms with Gasteiger partial charge < -0.3 is 9.97 Å². The van der Waals surface area contributed by atoms with Gasteiger partial charge in [0.2, 0.25) is 0 Å². The number of imidazole rings is 2. The van der Waals surface area contributed by atoms with Crippen LogP contribution in [-0.2, 0) is 19.3 Å². The van der Waals surface area contributed by atoms with Gasteiger partial charge >= 0.3 is 0 Å². The Labute approximate surface area is 206 Å². The molecule has 4 nitrogen and oxygen atoms in total. The molecule has 0 aliphatic heterocycles. The number of rotatable bonds is 4. The molecular formula is C31H32N4. The van der Waals surface area contributed by atoms with E-state index >= 15 is 0 Å². The normalized spacial score (nSPS) is 12.9. The molecule has 0 bridgehead atoms. The number of aryl methyl sites for hydroxylation is 5. The van der Waals surface area contributed by atoms with E-state index in [2.05, 4.69) is 92.0 Å². The van der Waals surface area contributed by atoms with E-state index in [1.165, 1.54) is 50.1 Å². The quantitative estimate of drug-likeness (QED) is 0.289. The summed E-state index contributed by atoms with van der Waals surface area (Å²) in [5, 5.41) is 0. The minimum atomic E-state index is 0.391. The van der Waals surface area contributed by atoms with Crippen molar-refractivity contribution >= 4 is 11.0 Å². The van der Waals surface area contributed by atoms with Gasteiger partial charge in [0, 0.05) is 17.9 Å². The lowest BCUT2D eigenvalue weighted by molar-refractivity contribution is 0.799. The van der Waals surface area contributed by atoms with Gasteiger partial charge in [-0.05, 0) is 95.5 Å². The van der Waals surface area contributed by atoms with Gasteiger partial charge in [0.25, 0.3) is 0 Å². The highest BCUT2D eigenvalue weighted by atomic mass is 14.9. The predicted molar refractivity (Wildman–Crippen MR) is 145 cm³/mol. The van der Waals surface area contributed by atoms with Gasteiger partial charge in [0.1, 0.15) is 11.6 Å². The number of hydrogen-bond donors (Lipinski definition) is 2. The summed E-state index contributed by atoms with van der Waals surface area (Å²) in [6, 6.07) is 16.0. The Bertz CT molecular complexity index is 1580. The van der Waals surface area contributed by atoms with Gasteiger partial charge in [-0.1, -0.05) is 39.0 Å². The summed E-state index contributed by atoms with van der Waals surface area (Å²) in [6.45, 7) is 11.0. The Kier molecular flexibility index (Phi) is 5.14. The molecule has 176 valence electrons. The maximum atomic E-state index is 4.74. The Balaban J connectivity index is 1.42. The molecule has 3 aromatic carbocycles. The molecule has 4 heteroatoms. The smallest absolute Gasteiger partial charge is 0.109 e. The number of aromatic amines is 2. The number of H-pyrrole nitrogens is 2. The standard InChI is InChI=1S/C31H32N4/c1-6-28-32-16-27(33-28)24-12-19(5)30-22(14-24)8-7-21-13-23(11-18(4)29(21)30)20-9-10-25-26(15-20)35-31(34-25)17(2)3/h9-17H,6-8H2,1-5H3,(H,32,33)(H,34,35). The van der Waals surface area contributed by atoms with Crippen LogP contribution in [0.25, 0.3) is 44.5 Å². The molecule has 35 heavy (non-hydrogen) atoms. The summed E-state index contributed by atoms with van der Waals surface area (Å²) < 4.78 is 0. The number of benzene rings is 3. The summed E-state index contributed by atoms with van der Waals surface area (Å²) in [6.07, 6.45) is 5.01. The van der Waals surface area contributed by atoms with Crippen molar-refractivity contribution in [3.63, 3.8) is 0 Å². The Morgan fingerprint density at radius 2 is 1.51 bits per heavy atom. The lowest BCUT2D eigenvalue weighted by Crippen LogP contribution is -2.08. The first kappa shape index (κ1) is 21.8. The molecule has 0 spiro atoms. The summed E-state index contributed by atoms with van der Waals surface area (Å²) in [4.78, 5) is 16.2. The molecule has 0 saturated carbocycles. The second-order valence-electron chi connectivity index (χ2n) is 10.3. The van der Waals surface area contributed by atoms with E-state index < -0.39 is 0 Å². The summed E-state index contributed by atoms with van der Waals surface area (Å²) in [7, 11) is 0. The molecule has 2 heterocycles. The number of hydrogen-bond acceptors (Lipinski definition) is 2. The van der Waals surface area contributed by atoms with Gasteiger partial charge in [-0.2, -0.15) is 0 Å². The van der Waals surface area contributed by atoms with Crippen molar-refractivity contribution < 1.29 is 0 Å². The van der Waals surface area contributed by atoms with E-state index in [1.807, 2.05) is 6.20 Å². The van der Waals surface area contributed by atoms with Crippen molar-refractivity contribution in [3.05, 3.63) is 82.6 Å². The molecule has 2 N–H and O–H groups in total. The maximum absolute atomic E-state index is 4.74. The third-order valence-corrected chi connectivity index (χ3v) is 7.40. The van der Waals surface area contributed by atoms with E-state index in [1.54, 1.807) is 0 Å². The van der Waals surface area contributed by atoms with Crippen molar-refractivity contribution in [2.45, 2.75) is 59.8 Å². The van der Waals surface area contributed by atoms with Gasteiger partial charge in [-0.25, -0.2) is 9.97 Å². The molecule has 0 saturated heterocycles. The van der Waals surface area contributed by atoms with E-state index in [9.17, 15) is 0 Å². The first-order valence-corrected chi connectivity index (χ1v) is 12.7. The maximum Gasteiger partial charge on any atom is 0.109 e. The van der Waals surface area contributed by atoms with Gasteiger partial charge in [0.15, 0.2) is 0 Å². The molecule has 1 aliphatic carbocycles. The molecule has 0 unspecified atom stereocenters. The number of nitrogens with one attached hydrogen (secondary N) is 2. The highest BCUT2D eigenvalue weighted by Gasteiger charge is 2.22. The van der Waals surface area contributed by atoms with Crippen LogP contribution in [0.1, 0.15) is 60.6 Å². The molecule has 0 radical (unpaired) electrons. The average molecular weight is 461 g/mol. The SMILES string of the molecule is CCc1ncc(-c2cc(C)c3c(c2)CCc2cc(-c4ccc5nc(C(C)C)[nH]c5c4)cc(C)c2-3)[nH]1. The number of fused-ring (bicyclic) bond motifs is 4. The highest BCUT2D eigenvalue weighted by molar-refractivity contribution is 5.86. The van der Waals surface area contributed by atoms with Crippen LogP contribution in [0.2, 0.25) is 0 Å². The van der Waals surface area contributed by atoms with E-state index in [4.69, 9.17) is 4.98 Å². The third kappa shape index (κ3) is 3.68. The largest absolute Gasteiger partial charge is 0.342 e. The van der Waals surface area contributed by atoms with Gasteiger partial charge in [0.05, 0.1) is 22.9 Å². The Hall–Kier alpha value is -3.66. The van der Waals surface area contributed by atoms with Crippen LogP contribution in [0.15, 0.2) is 48.7 Å². The summed E-state index contributed by atoms with van der Waals surface area (Å²) in [5.41, 5.74) is 15.4. The summed E-state index contributed by atoms with van der Waals surface area (Å²) >= 11 is 0. The van der Waals surface area contributed by atoms with E-state index in [0.29, 0.717) is 5.92 Å².